The summed E-state index contributed by atoms with van der Waals surface area (Å²) in [7, 11) is 0. The van der Waals surface area contributed by atoms with Crippen LogP contribution in [0.3, 0.4) is 0 Å². The number of hydrogen-bond acceptors (Lipinski definition) is 3. The van der Waals surface area contributed by atoms with Crippen molar-refractivity contribution in [1.82, 2.24) is 9.80 Å². The smallest absolute Gasteiger partial charge is 0.254 e. The van der Waals surface area contributed by atoms with E-state index in [2.05, 4.69) is 4.90 Å². The van der Waals surface area contributed by atoms with Gasteiger partial charge in [-0.2, -0.15) is 0 Å². The van der Waals surface area contributed by atoms with Crippen molar-refractivity contribution in [2.45, 2.75) is 38.6 Å². The first kappa shape index (κ1) is 14.4. The molecule has 0 bridgehead atoms. The molecular weight excluding hydrogens is 264 g/mol. The van der Waals surface area contributed by atoms with E-state index in [0.717, 1.165) is 32.2 Å². The SMILES string of the molecule is Cc1c(O)cccc1C(=O)N1CCN(C2CCCC2)CC1. The van der Waals surface area contributed by atoms with Gasteiger partial charge in [0.2, 0.25) is 0 Å². The lowest BCUT2D eigenvalue weighted by Gasteiger charge is -2.38. The van der Waals surface area contributed by atoms with E-state index < -0.39 is 0 Å². The first-order valence-electron chi connectivity index (χ1n) is 7.98. The minimum Gasteiger partial charge on any atom is -0.508 e. The van der Waals surface area contributed by atoms with Crippen LogP contribution in [-0.2, 0) is 0 Å². The maximum absolute atomic E-state index is 12.6. The Bertz CT molecular complexity index is 516. The van der Waals surface area contributed by atoms with Gasteiger partial charge in [0.15, 0.2) is 0 Å². The van der Waals surface area contributed by atoms with Crippen LogP contribution in [0.25, 0.3) is 0 Å². The number of aromatic hydroxyl groups is 1. The normalized spacial score (nSPS) is 20.9. The van der Waals surface area contributed by atoms with Crippen molar-refractivity contribution in [2.75, 3.05) is 26.2 Å². The average Bonchev–Trinajstić information content (AvgIpc) is 3.04. The topological polar surface area (TPSA) is 43.8 Å². The Morgan fingerprint density at radius 1 is 1.14 bits per heavy atom. The zero-order chi connectivity index (χ0) is 14.8. The van der Waals surface area contributed by atoms with Gasteiger partial charge in [-0.25, -0.2) is 0 Å². The first-order valence-corrected chi connectivity index (χ1v) is 7.98. The molecule has 1 aliphatic heterocycles. The van der Waals surface area contributed by atoms with Crippen molar-refractivity contribution in [3.05, 3.63) is 29.3 Å². The molecule has 1 N–H and O–H groups in total. The fraction of sp³-hybridized carbons (Fsp3) is 0.588. The van der Waals surface area contributed by atoms with Crippen LogP contribution in [0.5, 0.6) is 5.75 Å². The summed E-state index contributed by atoms with van der Waals surface area (Å²) < 4.78 is 0. The van der Waals surface area contributed by atoms with Gasteiger partial charge in [-0.05, 0) is 31.9 Å². The molecule has 114 valence electrons. The van der Waals surface area contributed by atoms with Crippen LogP contribution in [0.4, 0.5) is 0 Å². The van der Waals surface area contributed by atoms with Crippen molar-refractivity contribution in [1.29, 1.82) is 0 Å². The molecule has 3 rings (SSSR count). The van der Waals surface area contributed by atoms with Crippen LogP contribution < -0.4 is 0 Å². The number of piperazine rings is 1. The van der Waals surface area contributed by atoms with Crippen molar-refractivity contribution in [3.63, 3.8) is 0 Å². The molecule has 0 spiro atoms. The van der Waals surface area contributed by atoms with E-state index >= 15 is 0 Å². The summed E-state index contributed by atoms with van der Waals surface area (Å²) >= 11 is 0. The summed E-state index contributed by atoms with van der Waals surface area (Å²) in [6.07, 6.45) is 5.35. The lowest BCUT2D eigenvalue weighted by molar-refractivity contribution is 0.0572. The Morgan fingerprint density at radius 3 is 2.48 bits per heavy atom. The standard InChI is InChI=1S/C17H24N2O2/c1-13-15(7-4-8-16(13)20)17(21)19-11-9-18(10-12-19)14-5-2-3-6-14/h4,7-8,14,20H,2-3,5-6,9-12H2,1H3. The van der Waals surface area contributed by atoms with E-state index in [1.54, 1.807) is 25.1 Å². The van der Waals surface area contributed by atoms with Gasteiger partial charge < -0.3 is 10.0 Å². The second-order valence-corrected chi connectivity index (χ2v) is 6.22. The monoisotopic (exact) mass is 288 g/mol. The summed E-state index contributed by atoms with van der Waals surface area (Å²) in [5.41, 5.74) is 1.31. The molecule has 4 nitrogen and oxygen atoms in total. The Labute approximate surface area is 126 Å². The molecule has 1 amide bonds. The number of benzene rings is 1. The summed E-state index contributed by atoms with van der Waals surface area (Å²) in [6.45, 7) is 5.36. The summed E-state index contributed by atoms with van der Waals surface area (Å²) in [6, 6.07) is 5.92. The largest absolute Gasteiger partial charge is 0.508 e. The van der Waals surface area contributed by atoms with Crippen LogP contribution in [0.2, 0.25) is 0 Å². The molecule has 0 aromatic heterocycles. The highest BCUT2D eigenvalue weighted by Gasteiger charge is 2.28. The first-order chi connectivity index (χ1) is 10.2. The van der Waals surface area contributed by atoms with Crippen LogP contribution in [0.1, 0.15) is 41.6 Å². The van der Waals surface area contributed by atoms with Gasteiger partial charge >= 0.3 is 0 Å². The van der Waals surface area contributed by atoms with E-state index in [9.17, 15) is 9.90 Å². The zero-order valence-electron chi connectivity index (χ0n) is 12.7. The molecular formula is C17H24N2O2. The Morgan fingerprint density at radius 2 is 1.81 bits per heavy atom. The molecule has 1 saturated carbocycles. The van der Waals surface area contributed by atoms with E-state index in [1.165, 1.54) is 25.7 Å². The van der Waals surface area contributed by atoms with E-state index in [0.29, 0.717) is 11.1 Å². The number of rotatable bonds is 2. The summed E-state index contributed by atoms with van der Waals surface area (Å²) in [5, 5.41) is 9.75. The molecule has 2 fully saturated rings. The molecule has 4 heteroatoms. The van der Waals surface area contributed by atoms with E-state index in [1.807, 2.05) is 4.90 Å². The fourth-order valence-corrected chi connectivity index (χ4v) is 3.59. The van der Waals surface area contributed by atoms with Crippen LogP contribution in [0.15, 0.2) is 18.2 Å². The Hall–Kier alpha value is -1.55. The minimum absolute atomic E-state index is 0.0504. The molecule has 1 aromatic carbocycles. The van der Waals surface area contributed by atoms with Crippen molar-refractivity contribution in [2.24, 2.45) is 0 Å². The number of phenols is 1. The molecule has 0 unspecified atom stereocenters. The van der Waals surface area contributed by atoms with Gasteiger partial charge in [0, 0.05) is 43.3 Å². The number of carbonyl (C=O) groups is 1. The third-order valence-electron chi connectivity index (χ3n) is 4.98. The highest BCUT2D eigenvalue weighted by Crippen LogP contribution is 2.25. The number of carbonyl (C=O) groups excluding carboxylic acids is 1. The third-order valence-corrected chi connectivity index (χ3v) is 4.98. The highest BCUT2D eigenvalue weighted by molar-refractivity contribution is 5.96. The van der Waals surface area contributed by atoms with E-state index in [-0.39, 0.29) is 11.7 Å². The molecule has 21 heavy (non-hydrogen) atoms. The third kappa shape index (κ3) is 2.91. The number of hydrogen-bond donors (Lipinski definition) is 1. The molecule has 1 aliphatic carbocycles. The van der Waals surface area contributed by atoms with Gasteiger partial charge in [0.1, 0.15) is 5.75 Å². The molecule has 1 heterocycles. The summed E-state index contributed by atoms with van der Waals surface area (Å²) in [5.74, 6) is 0.250. The van der Waals surface area contributed by atoms with E-state index in [4.69, 9.17) is 0 Å². The van der Waals surface area contributed by atoms with Gasteiger partial charge in [-0.15, -0.1) is 0 Å². The molecule has 2 aliphatic rings. The number of amides is 1. The molecule has 0 radical (unpaired) electrons. The van der Waals surface area contributed by atoms with Gasteiger partial charge in [0.05, 0.1) is 0 Å². The summed E-state index contributed by atoms with van der Waals surface area (Å²) in [4.78, 5) is 17.1. The predicted octanol–water partition coefficient (Wildman–Crippen LogP) is 2.40. The fourth-order valence-electron chi connectivity index (χ4n) is 3.59. The number of phenolic OH excluding ortho intramolecular Hbond substituents is 1. The van der Waals surface area contributed by atoms with Crippen LogP contribution in [0, 0.1) is 6.92 Å². The van der Waals surface area contributed by atoms with Crippen molar-refractivity contribution < 1.29 is 9.90 Å². The van der Waals surface area contributed by atoms with Gasteiger partial charge in [-0.3, -0.25) is 9.69 Å². The van der Waals surface area contributed by atoms with Crippen molar-refractivity contribution in [3.8, 4) is 5.75 Å². The quantitative estimate of drug-likeness (QED) is 0.909. The van der Waals surface area contributed by atoms with Gasteiger partial charge in [-0.1, -0.05) is 18.9 Å². The lowest BCUT2D eigenvalue weighted by atomic mass is 10.1. The maximum Gasteiger partial charge on any atom is 0.254 e. The van der Waals surface area contributed by atoms with Crippen LogP contribution in [-0.4, -0.2) is 53.0 Å². The molecule has 0 atom stereocenters. The maximum atomic E-state index is 12.6. The predicted molar refractivity (Wildman–Crippen MR) is 82.6 cm³/mol. The Kier molecular flexibility index (Phi) is 4.15. The second-order valence-electron chi connectivity index (χ2n) is 6.22. The molecule has 1 aromatic rings. The van der Waals surface area contributed by atoms with Crippen molar-refractivity contribution >= 4 is 5.91 Å². The average molecular weight is 288 g/mol. The van der Waals surface area contributed by atoms with Crippen LogP contribution >= 0.6 is 0 Å². The lowest BCUT2D eigenvalue weighted by Crippen LogP contribution is -2.51. The molecule has 1 saturated heterocycles. The zero-order valence-corrected chi connectivity index (χ0v) is 12.7. The number of nitrogens with zero attached hydrogens (tertiary/aromatic N) is 2. The second kappa shape index (κ2) is 6.06. The minimum atomic E-state index is 0.0504. The highest BCUT2D eigenvalue weighted by atomic mass is 16.3. The Balaban J connectivity index is 1.63. The van der Waals surface area contributed by atoms with Gasteiger partial charge in [0.25, 0.3) is 5.91 Å².